The van der Waals surface area contributed by atoms with Gasteiger partial charge in [0.2, 0.25) is 15.9 Å². The van der Waals surface area contributed by atoms with E-state index in [-0.39, 0.29) is 56.6 Å². The van der Waals surface area contributed by atoms with Crippen LogP contribution in [0.25, 0.3) is 0 Å². The van der Waals surface area contributed by atoms with E-state index in [9.17, 15) is 32.7 Å². The molecule has 0 aliphatic carbocycles. The van der Waals surface area contributed by atoms with Crippen molar-refractivity contribution in [2.75, 3.05) is 13.1 Å². The van der Waals surface area contributed by atoms with E-state index in [0.29, 0.717) is 18.4 Å². The van der Waals surface area contributed by atoms with Crippen molar-refractivity contribution in [3.63, 3.8) is 0 Å². The number of imide groups is 1. The van der Waals surface area contributed by atoms with Crippen molar-refractivity contribution >= 4 is 34.2 Å². The second-order valence-corrected chi connectivity index (χ2v) is 14.3. The Morgan fingerprint density at radius 1 is 0.922 bits per heavy atom. The maximum atomic E-state index is 14.1. The molecular weight excluding hydrogens is 675 g/mol. The van der Waals surface area contributed by atoms with E-state index in [4.69, 9.17) is 16.2 Å². The van der Waals surface area contributed by atoms with E-state index in [2.05, 4.69) is 10.0 Å². The van der Waals surface area contributed by atoms with Crippen LogP contribution in [0, 0.1) is 6.92 Å². The maximum Gasteiger partial charge on any atom is 0.407 e. The zero-order valence-corrected chi connectivity index (χ0v) is 29.9. The molecule has 0 saturated carbocycles. The number of ether oxygens (including phenoxy) is 1. The van der Waals surface area contributed by atoms with Crippen LogP contribution < -0.4 is 21.5 Å². The van der Waals surface area contributed by atoms with Crippen molar-refractivity contribution in [2.24, 2.45) is 11.5 Å². The van der Waals surface area contributed by atoms with E-state index in [0.717, 1.165) is 16.0 Å². The third-order valence-electron chi connectivity index (χ3n) is 8.34. The van der Waals surface area contributed by atoms with Gasteiger partial charge in [-0.1, -0.05) is 78.4 Å². The van der Waals surface area contributed by atoms with Gasteiger partial charge in [0.1, 0.15) is 12.9 Å². The van der Waals surface area contributed by atoms with Crippen molar-refractivity contribution in [1.29, 1.82) is 0 Å². The minimum Gasteiger partial charge on any atom is -0.445 e. The average Bonchev–Trinajstić information content (AvgIpc) is 3.13. The van der Waals surface area contributed by atoms with Gasteiger partial charge in [-0.2, -0.15) is 0 Å². The van der Waals surface area contributed by atoms with Crippen LogP contribution in [0.3, 0.4) is 0 Å². The number of nitrogens with one attached hydrogen (secondary N) is 2. The first-order valence-electron chi connectivity index (χ1n) is 16.9. The Morgan fingerprint density at radius 2 is 1.53 bits per heavy atom. The van der Waals surface area contributed by atoms with Gasteiger partial charge in [-0.3, -0.25) is 14.5 Å². The van der Waals surface area contributed by atoms with Gasteiger partial charge in [0.25, 0.3) is 5.91 Å². The van der Waals surface area contributed by atoms with E-state index >= 15 is 0 Å². The van der Waals surface area contributed by atoms with E-state index in [1.807, 2.05) is 37.3 Å². The molecule has 7 N–H and O–H groups in total. The van der Waals surface area contributed by atoms with Crippen molar-refractivity contribution in [2.45, 2.75) is 87.6 Å². The lowest BCUT2D eigenvalue weighted by Gasteiger charge is -2.38. The van der Waals surface area contributed by atoms with Crippen molar-refractivity contribution < 1.29 is 37.4 Å². The normalized spacial score (nSPS) is 14.4. The number of alkyl carbamates (subject to hydrolysis) is 1. The molecule has 4 atom stereocenters. The predicted octanol–water partition coefficient (Wildman–Crippen LogP) is 3.24. The zero-order chi connectivity index (χ0) is 37.4. The van der Waals surface area contributed by atoms with Gasteiger partial charge in [-0.15, -0.1) is 0 Å². The molecule has 0 radical (unpaired) electrons. The highest BCUT2D eigenvalue weighted by Crippen LogP contribution is 2.28. The molecule has 1 unspecified atom stereocenters. The van der Waals surface area contributed by atoms with Crippen LogP contribution in [0.1, 0.15) is 68.2 Å². The fourth-order valence-corrected chi connectivity index (χ4v) is 6.44. The summed E-state index contributed by atoms with van der Waals surface area (Å²) in [5.74, 6) is -1.85. The Balaban J connectivity index is 1.69. The quantitative estimate of drug-likeness (QED) is 0.0653. The molecule has 14 heteroatoms. The molecule has 3 rings (SSSR count). The largest absolute Gasteiger partial charge is 0.445 e. The molecule has 0 saturated heterocycles. The molecule has 13 nitrogen and oxygen atoms in total. The highest BCUT2D eigenvalue weighted by atomic mass is 32.2. The van der Waals surface area contributed by atoms with Gasteiger partial charge in [0, 0.05) is 13.1 Å². The fraction of sp³-hybridized carbons (Fsp3) is 0.405. The molecule has 276 valence electrons. The monoisotopic (exact) mass is 723 g/mol. The number of rotatable bonds is 20. The highest BCUT2D eigenvalue weighted by molar-refractivity contribution is 7.89. The Kier molecular flexibility index (Phi) is 15.9. The van der Waals surface area contributed by atoms with Gasteiger partial charge in [-0.25, -0.2) is 17.9 Å². The summed E-state index contributed by atoms with van der Waals surface area (Å²) in [5, 5.41) is 14.2. The Bertz CT molecular complexity index is 1670. The second kappa shape index (κ2) is 19.8. The van der Waals surface area contributed by atoms with Gasteiger partial charge >= 0.3 is 6.09 Å². The Morgan fingerprint density at radius 3 is 2.14 bits per heavy atom. The van der Waals surface area contributed by atoms with Gasteiger partial charge in [0.15, 0.2) is 5.54 Å². The van der Waals surface area contributed by atoms with Crippen LogP contribution in [0.5, 0.6) is 0 Å². The zero-order valence-electron chi connectivity index (χ0n) is 29.1. The summed E-state index contributed by atoms with van der Waals surface area (Å²) in [7, 11) is -3.77. The van der Waals surface area contributed by atoms with Crippen LogP contribution >= 0.6 is 0 Å². The molecule has 0 bridgehead atoms. The predicted molar refractivity (Wildman–Crippen MR) is 192 cm³/mol. The number of sulfonamides is 1. The minimum absolute atomic E-state index is 0.0188. The van der Waals surface area contributed by atoms with Crippen LogP contribution in [-0.4, -0.2) is 73.3 Å². The number of benzene rings is 3. The molecule has 3 aromatic rings. The number of hydrogen-bond donors (Lipinski definition) is 5. The lowest BCUT2D eigenvalue weighted by molar-refractivity contribution is -0.156. The molecule has 0 heterocycles. The molecule has 0 aromatic heterocycles. The number of aryl methyl sites for hydroxylation is 1. The van der Waals surface area contributed by atoms with E-state index < -0.39 is 51.7 Å². The summed E-state index contributed by atoms with van der Waals surface area (Å²) in [4.78, 5) is 53.2. The number of carbonyl (C=O) groups is 4. The summed E-state index contributed by atoms with van der Waals surface area (Å²) in [6.45, 7) is 3.58. The number of hydrogen-bond acceptors (Lipinski definition) is 10. The number of carbonyl (C=O) groups excluding carboxylic acids is 4. The smallest absolute Gasteiger partial charge is 0.407 e. The first-order valence-corrected chi connectivity index (χ1v) is 18.4. The summed E-state index contributed by atoms with van der Waals surface area (Å²) >= 11 is 0. The standard InChI is InChI=1S/C37H49N5O8S/c1-27-18-20-31(21-19-27)51(48,49)41-24-12-10-22-37(39,26-43)35(46)42(34(45)28(2)38)32(33(44)30-15-7-4-8-16-30)17-9-11-23-40-36(47)50-25-29-13-5-3-6-14-29/h3-8,13-16,18-21,26,28,32-33,41,44H,9-12,17,22-25,38-39H2,1-2H3,(H,40,47)/t28-,32-,33?,37-/m0/s1. The topological polar surface area (TPSA) is 211 Å². The number of aliphatic hydroxyl groups is 1. The van der Waals surface area contributed by atoms with Crippen LogP contribution in [-0.2, 0) is 35.8 Å². The Labute approximate surface area is 299 Å². The summed E-state index contributed by atoms with van der Waals surface area (Å²) < 4.78 is 33.0. The van der Waals surface area contributed by atoms with E-state index in [1.54, 1.807) is 42.5 Å². The van der Waals surface area contributed by atoms with Crippen molar-refractivity contribution in [1.82, 2.24) is 14.9 Å². The average molecular weight is 724 g/mol. The molecule has 3 aromatic carbocycles. The Hall–Kier alpha value is -4.47. The number of amides is 3. The fourth-order valence-electron chi connectivity index (χ4n) is 5.37. The second-order valence-electron chi connectivity index (χ2n) is 12.5. The first-order chi connectivity index (χ1) is 24.3. The molecule has 0 fully saturated rings. The summed E-state index contributed by atoms with van der Waals surface area (Å²) in [6.07, 6.45) is -0.636. The first kappa shape index (κ1) is 41.0. The van der Waals surface area contributed by atoms with Crippen molar-refractivity contribution in [3.8, 4) is 0 Å². The summed E-state index contributed by atoms with van der Waals surface area (Å²) in [6, 6.07) is 21.7. The number of unbranched alkanes of at least 4 members (excludes halogenated alkanes) is 2. The van der Waals surface area contributed by atoms with Gasteiger partial charge < -0.3 is 31.4 Å². The third-order valence-corrected chi connectivity index (χ3v) is 9.82. The van der Waals surface area contributed by atoms with Crippen LogP contribution in [0.15, 0.2) is 89.8 Å². The molecular formula is C37H49N5O8S. The number of aldehydes is 1. The molecule has 3 amide bonds. The lowest BCUT2D eigenvalue weighted by atomic mass is 9.89. The minimum atomic E-state index is -3.77. The SMILES string of the molecule is Cc1ccc(S(=O)(=O)NCCCC[C@](N)(C=O)C(=O)N(C(=O)[C@H](C)N)[C@@H](CCCCNC(=O)OCc2ccccc2)C(O)c2ccccc2)cc1. The van der Waals surface area contributed by atoms with Crippen molar-refractivity contribution in [3.05, 3.63) is 102 Å². The van der Waals surface area contributed by atoms with Crippen LogP contribution in [0.2, 0.25) is 0 Å². The highest BCUT2D eigenvalue weighted by Gasteiger charge is 2.45. The van der Waals surface area contributed by atoms with Gasteiger partial charge in [-0.05, 0) is 75.6 Å². The molecule has 0 spiro atoms. The lowest BCUT2D eigenvalue weighted by Crippen LogP contribution is -2.63. The summed E-state index contributed by atoms with van der Waals surface area (Å²) in [5.41, 5.74) is 12.4. The number of aliphatic hydroxyl groups excluding tert-OH is 1. The molecule has 0 aliphatic heterocycles. The maximum absolute atomic E-state index is 14.1. The van der Waals surface area contributed by atoms with Crippen LogP contribution in [0.4, 0.5) is 4.79 Å². The number of nitrogens with two attached hydrogens (primary N) is 2. The third kappa shape index (κ3) is 12.4. The van der Waals surface area contributed by atoms with E-state index in [1.165, 1.54) is 19.1 Å². The molecule has 51 heavy (non-hydrogen) atoms. The van der Waals surface area contributed by atoms with Gasteiger partial charge in [0.05, 0.1) is 23.1 Å². The molecule has 0 aliphatic rings. The number of nitrogens with zero attached hydrogens (tertiary/aromatic N) is 1.